The van der Waals surface area contributed by atoms with Crippen LogP contribution in [-0.4, -0.2) is 61.1 Å². The van der Waals surface area contributed by atoms with E-state index >= 15 is 0 Å². The molecular weight excluding hydrogens is 412 g/mol. The van der Waals surface area contributed by atoms with Gasteiger partial charge in [0.1, 0.15) is 6.04 Å². The van der Waals surface area contributed by atoms with E-state index in [9.17, 15) is 18.0 Å². The number of amidine groups is 1. The molecule has 1 aliphatic rings. The summed E-state index contributed by atoms with van der Waals surface area (Å²) in [5.74, 6) is -0.180. The molecule has 1 aliphatic heterocycles. The Labute approximate surface area is 176 Å². The smallest absolute Gasteiger partial charge is 0.251 e. The summed E-state index contributed by atoms with van der Waals surface area (Å²) >= 11 is 1.46. The number of nitrogens with one attached hydrogen (secondary N) is 2. The predicted molar refractivity (Wildman–Crippen MR) is 116 cm³/mol. The Morgan fingerprint density at radius 2 is 1.93 bits per heavy atom. The molecule has 0 saturated carbocycles. The van der Waals surface area contributed by atoms with Gasteiger partial charge in [-0.2, -0.15) is 4.31 Å². The largest absolute Gasteiger partial charge is 0.340 e. The number of hydrogen-bond donors (Lipinski definition) is 2. The third-order valence-corrected chi connectivity index (χ3v) is 7.43. The topological polar surface area (TPSA) is 108 Å². The van der Waals surface area contributed by atoms with Crippen molar-refractivity contribution in [1.82, 2.24) is 14.9 Å². The normalized spacial score (nSPS) is 15.3. The van der Waals surface area contributed by atoms with E-state index in [0.717, 1.165) is 5.75 Å². The SMILES string of the molecule is CCN(CC)S(=O)(=O)c1cccc(C(=O)N[C@H](C(=O)NC2=NCCS2)C(C)C)c1. The van der Waals surface area contributed by atoms with E-state index in [1.165, 1.54) is 40.3 Å². The number of benzene rings is 1. The number of amides is 2. The molecule has 0 fully saturated rings. The lowest BCUT2D eigenvalue weighted by Gasteiger charge is -2.22. The second-order valence-electron chi connectivity index (χ2n) is 6.84. The first kappa shape index (κ1) is 23.4. The number of carbonyl (C=O) groups excluding carboxylic acids is 2. The fraction of sp³-hybridized carbons (Fsp3) is 0.526. The number of sulfonamides is 1. The number of carbonyl (C=O) groups is 2. The van der Waals surface area contributed by atoms with E-state index in [2.05, 4.69) is 15.6 Å². The van der Waals surface area contributed by atoms with E-state index in [1.807, 2.05) is 13.8 Å². The molecule has 8 nitrogen and oxygen atoms in total. The van der Waals surface area contributed by atoms with Crippen molar-refractivity contribution in [3.63, 3.8) is 0 Å². The molecule has 2 rings (SSSR count). The summed E-state index contributed by atoms with van der Waals surface area (Å²) < 4.78 is 26.8. The van der Waals surface area contributed by atoms with Gasteiger partial charge in [0.25, 0.3) is 5.91 Å². The lowest BCUT2D eigenvalue weighted by molar-refractivity contribution is -0.122. The Balaban J connectivity index is 2.19. The summed E-state index contributed by atoms with van der Waals surface area (Å²) in [5, 5.41) is 6.02. The van der Waals surface area contributed by atoms with Crippen LogP contribution in [0.2, 0.25) is 0 Å². The third-order valence-electron chi connectivity index (χ3n) is 4.49. The molecule has 10 heteroatoms. The van der Waals surface area contributed by atoms with Crippen LogP contribution in [0.15, 0.2) is 34.2 Å². The lowest BCUT2D eigenvalue weighted by atomic mass is 10.0. The Morgan fingerprint density at radius 1 is 1.24 bits per heavy atom. The summed E-state index contributed by atoms with van der Waals surface area (Å²) in [6, 6.07) is 5.10. The van der Waals surface area contributed by atoms with Gasteiger partial charge in [-0.15, -0.1) is 0 Å². The van der Waals surface area contributed by atoms with Crippen LogP contribution in [0.4, 0.5) is 0 Å². The van der Waals surface area contributed by atoms with Gasteiger partial charge in [-0.1, -0.05) is 45.5 Å². The van der Waals surface area contributed by atoms with Crippen LogP contribution in [-0.2, 0) is 14.8 Å². The fourth-order valence-electron chi connectivity index (χ4n) is 2.86. The van der Waals surface area contributed by atoms with Crippen LogP contribution in [0.1, 0.15) is 38.1 Å². The van der Waals surface area contributed by atoms with Gasteiger partial charge in [-0.3, -0.25) is 14.6 Å². The van der Waals surface area contributed by atoms with Crippen molar-refractivity contribution in [2.75, 3.05) is 25.4 Å². The number of rotatable bonds is 8. The first-order chi connectivity index (χ1) is 13.7. The van der Waals surface area contributed by atoms with Gasteiger partial charge in [0.05, 0.1) is 11.4 Å². The van der Waals surface area contributed by atoms with Crippen molar-refractivity contribution in [1.29, 1.82) is 0 Å². The van der Waals surface area contributed by atoms with E-state index in [-0.39, 0.29) is 22.3 Å². The number of nitrogens with zero attached hydrogens (tertiary/aromatic N) is 2. The molecule has 1 aromatic rings. The van der Waals surface area contributed by atoms with Crippen molar-refractivity contribution in [2.24, 2.45) is 10.9 Å². The Hall–Kier alpha value is -1.91. The molecule has 2 N–H and O–H groups in total. The van der Waals surface area contributed by atoms with Crippen LogP contribution in [0, 0.1) is 5.92 Å². The van der Waals surface area contributed by atoms with Crippen molar-refractivity contribution < 1.29 is 18.0 Å². The first-order valence-electron chi connectivity index (χ1n) is 9.59. The molecule has 0 radical (unpaired) electrons. The molecular formula is C19H28N4O4S2. The highest BCUT2D eigenvalue weighted by molar-refractivity contribution is 8.14. The zero-order valence-corrected chi connectivity index (χ0v) is 18.8. The van der Waals surface area contributed by atoms with Gasteiger partial charge in [0, 0.05) is 24.4 Å². The molecule has 29 heavy (non-hydrogen) atoms. The highest BCUT2D eigenvalue weighted by Crippen LogP contribution is 2.17. The van der Waals surface area contributed by atoms with Crippen molar-refractivity contribution in [3.8, 4) is 0 Å². The molecule has 0 unspecified atom stereocenters. The van der Waals surface area contributed by atoms with Gasteiger partial charge in [0.15, 0.2) is 5.17 Å². The number of aliphatic imine (C=N–C) groups is 1. The minimum Gasteiger partial charge on any atom is -0.340 e. The number of thioether (sulfide) groups is 1. The van der Waals surface area contributed by atoms with Crippen LogP contribution >= 0.6 is 11.8 Å². The zero-order valence-electron chi connectivity index (χ0n) is 17.1. The second kappa shape index (κ2) is 10.2. The van der Waals surface area contributed by atoms with E-state index in [0.29, 0.717) is 24.8 Å². The van der Waals surface area contributed by atoms with Gasteiger partial charge in [-0.25, -0.2) is 8.42 Å². The van der Waals surface area contributed by atoms with Crippen LogP contribution in [0.3, 0.4) is 0 Å². The average Bonchev–Trinajstić information content (AvgIpc) is 3.19. The molecule has 160 valence electrons. The van der Waals surface area contributed by atoms with Gasteiger partial charge in [-0.05, 0) is 24.1 Å². The average molecular weight is 441 g/mol. The van der Waals surface area contributed by atoms with Gasteiger partial charge >= 0.3 is 0 Å². The van der Waals surface area contributed by atoms with E-state index < -0.39 is 22.0 Å². The molecule has 2 amide bonds. The lowest BCUT2D eigenvalue weighted by Crippen LogP contribution is -2.50. The highest BCUT2D eigenvalue weighted by atomic mass is 32.2. The van der Waals surface area contributed by atoms with Crippen LogP contribution in [0.5, 0.6) is 0 Å². The van der Waals surface area contributed by atoms with Crippen molar-refractivity contribution >= 4 is 38.8 Å². The molecule has 0 spiro atoms. The van der Waals surface area contributed by atoms with Crippen molar-refractivity contribution in [3.05, 3.63) is 29.8 Å². The molecule has 0 saturated heterocycles. The van der Waals surface area contributed by atoms with Crippen LogP contribution in [0.25, 0.3) is 0 Å². The number of hydrogen-bond acceptors (Lipinski definition) is 6. The van der Waals surface area contributed by atoms with Gasteiger partial charge < -0.3 is 10.6 Å². The Morgan fingerprint density at radius 3 is 2.48 bits per heavy atom. The second-order valence-corrected chi connectivity index (χ2v) is 9.86. The standard InChI is InChI=1S/C19H28N4O4S2/c1-5-23(6-2)29(26,27)15-9-7-8-14(12-15)17(24)21-16(13(3)4)18(25)22-19-20-10-11-28-19/h7-9,12-13,16H,5-6,10-11H2,1-4H3,(H,21,24)(H,20,22,25)/t16-/m0/s1. The molecule has 1 aromatic carbocycles. The summed E-state index contributed by atoms with van der Waals surface area (Å²) in [7, 11) is -3.68. The third kappa shape index (κ3) is 5.80. The predicted octanol–water partition coefficient (Wildman–Crippen LogP) is 1.69. The molecule has 1 heterocycles. The van der Waals surface area contributed by atoms with Crippen LogP contribution < -0.4 is 10.6 Å². The monoisotopic (exact) mass is 440 g/mol. The molecule has 0 bridgehead atoms. The van der Waals surface area contributed by atoms with E-state index in [1.54, 1.807) is 13.8 Å². The minimum atomic E-state index is -3.68. The molecule has 1 atom stereocenters. The maximum absolute atomic E-state index is 12.8. The van der Waals surface area contributed by atoms with Crippen molar-refractivity contribution in [2.45, 2.75) is 38.6 Å². The highest BCUT2D eigenvalue weighted by Gasteiger charge is 2.27. The van der Waals surface area contributed by atoms with E-state index in [4.69, 9.17) is 0 Å². The zero-order chi connectivity index (χ0) is 21.6. The van der Waals surface area contributed by atoms with Gasteiger partial charge in [0.2, 0.25) is 15.9 Å². The Kier molecular flexibility index (Phi) is 8.23. The minimum absolute atomic E-state index is 0.0520. The fourth-order valence-corrected chi connectivity index (χ4v) is 5.10. The molecule has 0 aromatic heterocycles. The summed E-state index contributed by atoms with van der Waals surface area (Å²) in [6.07, 6.45) is 0. The Bertz CT molecular complexity index is 880. The molecule has 0 aliphatic carbocycles. The first-order valence-corrected chi connectivity index (χ1v) is 12.0. The maximum atomic E-state index is 12.8. The maximum Gasteiger partial charge on any atom is 0.251 e. The quantitative estimate of drug-likeness (QED) is 0.640. The summed E-state index contributed by atoms with van der Waals surface area (Å²) in [6.45, 7) is 8.52. The summed E-state index contributed by atoms with van der Waals surface area (Å²) in [4.78, 5) is 29.6. The summed E-state index contributed by atoms with van der Waals surface area (Å²) in [5.41, 5.74) is 0.185.